The highest BCUT2D eigenvalue weighted by Crippen LogP contribution is 2.28. The summed E-state index contributed by atoms with van der Waals surface area (Å²) in [6.45, 7) is 10.5. The average molecular weight is 250 g/mol. The third kappa shape index (κ3) is 4.11. The molecule has 0 saturated carbocycles. The van der Waals surface area contributed by atoms with Crippen LogP contribution in [0.4, 0.5) is 0 Å². The van der Waals surface area contributed by atoms with Gasteiger partial charge in [0.1, 0.15) is 0 Å². The number of ether oxygens (including phenoxy) is 1. The van der Waals surface area contributed by atoms with Crippen molar-refractivity contribution in [2.75, 3.05) is 7.11 Å². The zero-order valence-electron chi connectivity index (χ0n) is 12.4. The fourth-order valence-corrected chi connectivity index (χ4v) is 1.87. The molecule has 0 aliphatic heterocycles. The van der Waals surface area contributed by atoms with Gasteiger partial charge in [-0.2, -0.15) is 0 Å². The SMILES string of the molecule is COC(C)(C)CC(O)c1ccc(C(C)(C)C)cc1. The number of aliphatic hydroxyl groups is 1. The first-order valence-corrected chi connectivity index (χ1v) is 6.49. The Bertz CT molecular complexity index is 371. The van der Waals surface area contributed by atoms with Gasteiger partial charge in [-0.25, -0.2) is 0 Å². The van der Waals surface area contributed by atoms with Gasteiger partial charge in [0.15, 0.2) is 0 Å². The van der Waals surface area contributed by atoms with Crippen LogP contribution in [0, 0.1) is 0 Å². The normalized spacial score (nSPS) is 14.6. The lowest BCUT2D eigenvalue weighted by Crippen LogP contribution is -2.25. The summed E-state index contributed by atoms with van der Waals surface area (Å²) < 4.78 is 5.35. The Hall–Kier alpha value is -0.860. The Morgan fingerprint density at radius 2 is 1.56 bits per heavy atom. The molecular weight excluding hydrogens is 224 g/mol. The predicted molar refractivity (Wildman–Crippen MR) is 75.8 cm³/mol. The molecule has 0 aliphatic carbocycles. The minimum absolute atomic E-state index is 0.148. The van der Waals surface area contributed by atoms with Crippen molar-refractivity contribution in [3.8, 4) is 0 Å². The van der Waals surface area contributed by atoms with Crippen molar-refractivity contribution in [2.45, 2.75) is 58.2 Å². The van der Waals surface area contributed by atoms with Gasteiger partial charge in [0.25, 0.3) is 0 Å². The lowest BCUT2D eigenvalue weighted by molar-refractivity contribution is -0.0201. The molecule has 18 heavy (non-hydrogen) atoms. The van der Waals surface area contributed by atoms with Gasteiger partial charge in [-0.1, -0.05) is 45.0 Å². The number of methoxy groups -OCH3 is 1. The Labute approximate surface area is 111 Å². The summed E-state index contributed by atoms with van der Waals surface area (Å²) >= 11 is 0. The van der Waals surface area contributed by atoms with E-state index in [0.29, 0.717) is 6.42 Å². The van der Waals surface area contributed by atoms with E-state index in [1.807, 2.05) is 26.0 Å². The van der Waals surface area contributed by atoms with Crippen molar-refractivity contribution in [1.29, 1.82) is 0 Å². The molecule has 102 valence electrons. The first-order valence-electron chi connectivity index (χ1n) is 6.49. The fraction of sp³-hybridized carbons (Fsp3) is 0.625. The molecule has 1 N–H and O–H groups in total. The maximum absolute atomic E-state index is 10.2. The number of hydrogen-bond acceptors (Lipinski definition) is 2. The highest BCUT2D eigenvalue weighted by atomic mass is 16.5. The van der Waals surface area contributed by atoms with Crippen LogP contribution in [0.15, 0.2) is 24.3 Å². The first kappa shape index (κ1) is 15.2. The van der Waals surface area contributed by atoms with Gasteiger partial charge in [-0.3, -0.25) is 0 Å². The van der Waals surface area contributed by atoms with Gasteiger partial charge in [0.2, 0.25) is 0 Å². The maximum Gasteiger partial charge on any atom is 0.0817 e. The minimum Gasteiger partial charge on any atom is -0.388 e. The molecule has 1 aromatic carbocycles. The van der Waals surface area contributed by atoms with Crippen molar-refractivity contribution >= 4 is 0 Å². The molecule has 0 spiro atoms. The van der Waals surface area contributed by atoms with Crippen molar-refractivity contribution in [3.63, 3.8) is 0 Å². The van der Waals surface area contributed by atoms with Crippen LogP contribution in [-0.4, -0.2) is 17.8 Å². The molecule has 1 aromatic rings. The third-order valence-electron chi connectivity index (χ3n) is 3.40. The van der Waals surface area contributed by atoms with Crippen molar-refractivity contribution < 1.29 is 9.84 Å². The van der Waals surface area contributed by atoms with E-state index in [-0.39, 0.29) is 11.0 Å². The van der Waals surface area contributed by atoms with E-state index in [1.165, 1.54) is 5.56 Å². The fourth-order valence-electron chi connectivity index (χ4n) is 1.87. The zero-order chi connectivity index (χ0) is 14.0. The molecule has 1 rings (SSSR count). The number of aliphatic hydroxyl groups excluding tert-OH is 1. The smallest absolute Gasteiger partial charge is 0.0817 e. The molecular formula is C16H26O2. The summed E-state index contributed by atoms with van der Waals surface area (Å²) in [7, 11) is 1.68. The third-order valence-corrected chi connectivity index (χ3v) is 3.40. The molecule has 2 nitrogen and oxygen atoms in total. The van der Waals surface area contributed by atoms with Crippen LogP contribution in [0.2, 0.25) is 0 Å². The van der Waals surface area contributed by atoms with Crippen LogP contribution in [0.1, 0.15) is 58.3 Å². The van der Waals surface area contributed by atoms with Gasteiger partial charge >= 0.3 is 0 Å². The maximum atomic E-state index is 10.2. The van der Waals surface area contributed by atoms with Crippen LogP contribution >= 0.6 is 0 Å². The number of benzene rings is 1. The van der Waals surface area contributed by atoms with E-state index in [1.54, 1.807) is 7.11 Å². The van der Waals surface area contributed by atoms with Crippen LogP contribution in [0.5, 0.6) is 0 Å². The van der Waals surface area contributed by atoms with E-state index < -0.39 is 6.10 Å². The molecule has 0 bridgehead atoms. The second kappa shape index (κ2) is 5.41. The molecule has 1 unspecified atom stereocenters. The van der Waals surface area contributed by atoms with Gasteiger partial charge in [0.05, 0.1) is 11.7 Å². The van der Waals surface area contributed by atoms with Crippen LogP contribution in [-0.2, 0) is 10.2 Å². The molecule has 0 radical (unpaired) electrons. The van der Waals surface area contributed by atoms with E-state index in [0.717, 1.165) is 5.56 Å². The molecule has 0 saturated heterocycles. The minimum atomic E-state index is -0.478. The molecule has 0 heterocycles. The van der Waals surface area contributed by atoms with E-state index in [4.69, 9.17) is 4.74 Å². The van der Waals surface area contributed by atoms with Crippen LogP contribution in [0.25, 0.3) is 0 Å². The summed E-state index contributed by atoms with van der Waals surface area (Å²) in [5.41, 5.74) is 2.08. The van der Waals surface area contributed by atoms with Crippen molar-refractivity contribution in [3.05, 3.63) is 35.4 Å². The summed E-state index contributed by atoms with van der Waals surface area (Å²) in [5.74, 6) is 0. The molecule has 0 aliphatic rings. The largest absolute Gasteiger partial charge is 0.388 e. The standard InChI is InChI=1S/C16H26O2/c1-15(2,3)13-9-7-12(8-10-13)14(17)11-16(4,5)18-6/h7-10,14,17H,11H2,1-6H3. The molecule has 0 fully saturated rings. The average Bonchev–Trinajstić information content (AvgIpc) is 2.27. The highest BCUT2D eigenvalue weighted by molar-refractivity contribution is 5.28. The van der Waals surface area contributed by atoms with Gasteiger partial charge in [-0.15, -0.1) is 0 Å². The predicted octanol–water partition coefficient (Wildman–Crippen LogP) is 3.83. The number of rotatable bonds is 4. The first-order chi connectivity index (χ1) is 8.15. The van der Waals surface area contributed by atoms with Gasteiger partial charge < -0.3 is 9.84 Å². The van der Waals surface area contributed by atoms with Crippen molar-refractivity contribution in [1.82, 2.24) is 0 Å². The van der Waals surface area contributed by atoms with Gasteiger partial charge in [-0.05, 0) is 30.4 Å². The lowest BCUT2D eigenvalue weighted by atomic mass is 9.86. The Balaban J connectivity index is 2.80. The van der Waals surface area contributed by atoms with E-state index in [2.05, 4.69) is 32.9 Å². The van der Waals surface area contributed by atoms with Crippen LogP contribution < -0.4 is 0 Å². The van der Waals surface area contributed by atoms with E-state index in [9.17, 15) is 5.11 Å². The van der Waals surface area contributed by atoms with Crippen LogP contribution in [0.3, 0.4) is 0 Å². The second-order valence-electron chi connectivity index (χ2n) is 6.56. The lowest BCUT2D eigenvalue weighted by Gasteiger charge is -2.26. The molecule has 1 atom stereocenters. The Kier molecular flexibility index (Phi) is 4.57. The van der Waals surface area contributed by atoms with Gasteiger partial charge in [0, 0.05) is 13.5 Å². The molecule has 0 aromatic heterocycles. The Morgan fingerprint density at radius 3 is 1.94 bits per heavy atom. The molecule has 2 heteroatoms. The summed E-state index contributed by atoms with van der Waals surface area (Å²) in [6, 6.07) is 8.21. The highest BCUT2D eigenvalue weighted by Gasteiger charge is 2.22. The quantitative estimate of drug-likeness (QED) is 0.880. The number of hydrogen-bond donors (Lipinski definition) is 1. The zero-order valence-corrected chi connectivity index (χ0v) is 12.4. The summed E-state index contributed by atoms with van der Waals surface area (Å²) in [6.07, 6.45) is 0.118. The summed E-state index contributed by atoms with van der Waals surface area (Å²) in [5, 5.41) is 10.2. The topological polar surface area (TPSA) is 29.5 Å². The van der Waals surface area contributed by atoms with E-state index >= 15 is 0 Å². The Morgan fingerprint density at radius 1 is 1.06 bits per heavy atom. The monoisotopic (exact) mass is 250 g/mol. The second-order valence-corrected chi connectivity index (χ2v) is 6.56. The van der Waals surface area contributed by atoms with Crippen molar-refractivity contribution in [2.24, 2.45) is 0 Å². The molecule has 0 amide bonds. The summed E-state index contributed by atoms with van der Waals surface area (Å²) in [4.78, 5) is 0.